The smallest absolute Gasteiger partial charge is 0.870 e. The number of nitriles is 4. The van der Waals surface area contributed by atoms with Gasteiger partial charge in [-0.15, -0.1) is 0 Å². The van der Waals surface area contributed by atoms with E-state index in [9.17, 15) is 20.4 Å². The number of hydrogen-bond donors (Lipinski definition) is 4. The van der Waals surface area contributed by atoms with Crippen molar-refractivity contribution in [3.05, 3.63) is 95.1 Å². The van der Waals surface area contributed by atoms with E-state index in [2.05, 4.69) is 117 Å². The van der Waals surface area contributed by atoms with E-state index in [-0.39, 0.29) is 73.3 Å². The molecule has 4 aromatic carbocycles. The van der Waals surface area contributed by atoms with Crippen molar-refractivity contribution in [1.29, 1.82) is 21.0 Å². The SMILES string of the molecule is COc1cccc(C=NCCCNCCCN(C)C)c1[O-].COc1cccc(C=NCCCNCCCN(C)C)c1[O-].COc1cccc(C=NCCCNCCCN(C)C)c1[O-].COc1cccc(C=NCCCNCCCN(C)C)c1[O-].N#C[O-].N#C[O-].N#C[O-].N#C[O-].[Co+2].[Co+3].[Co+3]. The van der Waals surface area contributed by atoms with Gasteiger partial charge in [0.2, 0.25) is 0 Å². The Morgan fingerprint density at radius 2 is 0.505 bits per heavy atom. The third kappa shape index (κ3) is 64.7. The van der Waals surface area contributed by atoms with Crippen molar-refractivity contribution in [2.45, 2.75) is 51.4 Å². The maximum atomic E-state index is 11.9. The normalized spacial score (nSPS) is 9.98. The molecule has 0 unspecified atom stereocenters. The van der Waals surface area contributed by atoms with Gasteiger partial charge in [0.05, 0.1) is 28.4 Å². The van der Waals surface area contributed by atoms with E-state index in [4.69, 9.17) is 60.4 Å². The van der Waals surface area contributed by atoms with Gasteiger partial charge in [-0.2, -0.15) is 0 Å². The van der Waals surface area contributed by atoms with E-state index in [1.807, 2.05) is 0 Å². The molecule has 0 saturated heterocycles. The van der Waals surface area contributed by atoms with Gasteiger partial charge in [0, 0.05) is 76.1 Å². The molecule has 99 heavy (non-hydrogen) atoms. The molecule has 31 heteroatoms. The fourth-order valence-electron chi connectivity index (χ4n) is 7.59. The zero-order valence-electron chi connectivity index (χ0n) is 59.5. The predicted octanol–water partition coefficient (Wildman–Crippen LogP) is -0.220. The first-order chi connectivity index (χ1) is 46.2. The van der Waals surface area contributed by atoms with Gasteiger partial charge in [-0.05, 0) is 233 Å². The first-order valence-corrected chi connectivity index (χ1v) is 31.1. The van der Waals surface area contributed by atoms with Crippen LogP contribution in [0.5, 0.6) is 46.0 Å². The van der Waals surface area contributed by atoms with Gasteiger partial charge < -0.3 is 101 Å². The molecule has 0 saturated carbocycles. The molecular formula is C68H104Co3N16O12. The summed E-state index contributed by atoms with van der Waals surface area (Å²) in [6.07, 6.45) is 17.0. The van der Waals surface area contributed by atoms with Crippen LogP contribution in [0.3, 0.4) is 0 Å². The molecule has 0 spiro atoms. The van der Waals surface area contributed by atoms with Gasteiger partial charge >= 0.3 is 50.3 Å². The third-order valence-corrected chi connectivity index (χ3v) is 12.2. The molecule has 4 N–H and O–H groups in total. The second-order valence-corrected chi connectivity index (χ2v) is 21.1. The summed E-state index contributed by atoms with van der Waals surface area (Å²) in [6.45, 7) is 15.2. The fourth-order valence-corrected chi connectivity index (χ4v) is 7.59. The van der Waals surface area contributed by atoms with Crippen molar-refractivity contribution in [1.82, 2.24) is 40.9 Å². The molecule has 0 aromatic heterocycles. The molecule has 0 heterocycles. The van der Waals surface area contributed by atoms with Crippen LogP contribution in [0.15, 0.2) is 92.8 Å². The molecule has 1 radical (unpaired) electrons. The van der Waals surface area contributed by atoms with Gasteiger partial charge in [-0.3, -0.25) is 20.0 Å². The Labute approximate surface area is 620 Å². The van der Waals surface area contributed by atoms with Gasteiger partial charge in [0.15, 0.2) is 0 Å². The van der Waals surface area contributed by atoms with E-state index >= 15 is 0 Å². The van der Waals surface area contributed by atoms with Crippen molar-refractivity contribution in [3.63, 3.8) is 0 Å². The average Bonchev–Trinajstić information content (AvgIpc) is 0.924. The first kappa shape index (κ1) is 105. The number of benzene rings is 4. The molecule has 0 bridgehead atoms. The molecule has 555 valence electrons. The Morgan fingerprint density at radius 3 is 0.657 bits per heavy atom. The Bertz CT molecular complexity index is 2450. The first-order valence-electron chi connectivity index (χ1n) is 31.1. The van der Waals surface area contributed by atoms with Gasteiger partial charge in [0.25, 0.3) is 0 Å². The predicted molar refractivity (Wildman–Crippen MR) is 365 cm³/mol. The van der Waals surface area contributed by atoms with E-state index in [0.717, 1.165) is 156 Å². The molecule has 4 rings (SSSR count). The van der Waals surface area contributed by atoms with Crippen molar-refractivity contribution in [3.8, 4) is 71.0 Å². The number of ether oxygens (including phenoxy) is 4. The summed E-state index contributed by atoms with van der Waals surface area (Å²) < 4.78 is 20.0. The van der Waals surface area contributed by atoms with Crippen LogP contribution in [0.4, 0.5) is 0 Å². The quantitative estimate of drug-likeness (QED) is 0.0254. The Balaban J connectivity index is -0.000000213. The topological polar surface area (TPSA) is 427 Å². The van der Waals surface area contributed by atoms with Crippen molar-refractivity contribution < 1.29 is 110 Å². The minimum Gasteiger partial charge on any atom is -0.870 e. The van der Waals surface area contributed by atoms with E-state index in [0.29, 0.717) is 70.3 Å². The van der Waals surface area contributed by atoms with Crippen LogP contribution < -0.4 is 81.1 Å². The van der Waals surface area contributed by atoms with Crippen LogP contribution >= 0.6 is 0 Å². The molecule has 0 fully saturated rings. The summed E-state index contributed by atoms with van der Waals surface area (Å²) in [6, 6.07) is 20.9. The summed E-state index contributed by atoms with van der Waals surface area (Å²) in [5, 5.41) is 121. The third-order valence-electron chi connectivity index (χ3n) is 12.2. The molecular weight excluding hydrogens is 1410 g/mol. The standard InChI is InChI=1S/4C16H27N3O2.4CHNO.3Co/c4*1-19(2)12-6-11-17-9-5-10-18-13-14-7-4-8-15(21-3)16(14)20;4*2-1-3;;;/h4*4,7-8,13,17,20H,5-6,9-12H2,1-3H3;4*3H;;;/q;;;;;;;;+2;2*+3/p-8. The number of methoxy groups -OCH3 is 4. The number of para-hydroxylation sites is 4. The van der Waals surface area contributed by atoms with Gasteiger partial charge in [0.1, 0.15) is 23.0 Å². The second-order valence-electron chi connectivity index (χ2n) is 21.1. The Morgan fingerprint density at radius 1 is 0.343 bits per heavy atom. The number of hydrogen-bond acceptors (Lipinski definition) is 28. The average molecular weight is 1510 g/mol. The Kier molecular flexibility index (Phi) is 82.2. The van der Waals surface area contributed by atoms with Crippen molar-refractivity contribution in [2.75, 3.05) is 190 Å². The number of nitrogens with one attached hydrogen (secondary N) is 4. The zero-order valence-corrected chi connectivity index (χ0v) is 62.6. The van der Waals surface area contributed by atoms with E-state index < -0.39 is 0 Å². The number of aliphatic imine (C=N–C) groups is 4. The van der Waals surface area contributed by atoms with Crippen molar-refractivity contribution >= 4 is 24.9 Å². The molecule has 0 aliphatic carbocycles. The van der Waals surface area contributed by atoms with Crippen LogP contribution in [0.25, 0.3) is 0 Å². The van der Waals surface area contributed by atoms with E-state index in [1.165, 1.54) is 28.4 Å². The monoisotopic (exact) mass is 1510 g/mol. The van der Waals surface area contributed by atoms with E-state index in [1.54, 1.807) is 97.7 Å². The molecule has 0 atom stereocenters. The maximum Gasteiger partial charge on any atom is 3.00 e. The summed E-state index contributed by atoms with van der Waals surface area (Å²) in [4.78, 5) is 25.9. The summed E-state index contributed by atoms with van der Waals surface area (Å²) >= 11 is 0. The molecule has 0 aliphatic rings. The van der Waals surface area contributed by atoms with Crippen LogP contribution in [0, 0.1) is 46.1 Å². The van der Waals surface area contributed by atoms with Gasteiger partial charge in [-0.25, -0.2) is 21.0 Å². The van der Waals surface area contributed by atoms with Crippen LogP contribution in [0.1, 0.15) is 73.6 Å². The summed E-state index contributed by atoms with van der Waals surface area (Å²) in [7, 11) is 22.6. The minimum atomic E-state index is -0.106. The number of rotatable bonds is 40. The molecule has 28 nitrogen and oxygen atoms in total. The second kappa shape index (κ2) is 77.7. The Hall–Kier alpha value is -7.68. The maximum absolute atomic E-state index is 11.9. The molecule has 4 aromatic rings. The fraction of sp³-hybridized carbons (Fsp3) is 0.529. The minimum absolute atomic E-state index is 0. The number of nitrogens with zero attached hydrogens (tertiary/aromatic N) is 12. The van der Waals surface area contributed by atoms with Crippen LogP contribution in [-0.2, 0) is 50.3 Å². The summed E-state index contributed by atoms with van der Waals surface area (Å²) in [5.74, 6) is 1.03. The van der Waals surface area contributed by atoms with Gasteiger partial charge in [-0.1, -0.05) is 71.5 Å². The van der Waals surface area contributed by atoms with Crippen molar-refractivity contribution in [2.24, 2.45) is 20.0 Å². The van der Waals surface area contributed by atoms with Crippen LogP contribution in [-0.4, -0.2) is 234 Å². The molecule has 0 amide bonds. The van der Waals surface area contributed by atoms with Crippen LogP contribution in [0.2, 0.25) is 0 Å². The summed E-state index contributed by atoms with van der Waals surface area (Å²) in [5.41, 5.74) is 2.31. The largest absolute Gasteiger partial charge is 3.00 e. The molecule has 0 aliphatic heterocycles. The zero-order chi connectivity index (χ0) is 72.8.